The number of ether oxygens (including phenoxy) is 1. The smallest absolute Gasteiger partial charge is 0.319 e. The van der Waals surface area contributed by atoms with Crippen LogP contribution >= 0.6 is 11.6 Å². The van der Waals surface area contributed by atoms with Gasteiger partial charge in [0, 0.05) is 59.0 Å². The number of H-pyrrole nitrogens is 1. The molecule has 1 saturated carbocycles. The molecule has 3 atom stereocenters. The average molecular weight is 632 g/mol. The van der Waals surface area contributed by atoms with Crippen molar-refractivity contribution in [1.82, 2.24) is 30.4 Å². The Morgan fingerprint density at radius 3 is 2.59 bits per heavy atom. The van der Waals surface area contributed by atoms with E-state index >= 15 is 8.78 Å². The molecule has 2 saturated heterocycles. The first kappa shape index (κ1) is 29.5. The van der Waals surface area contributed by atoms with Gasteiger partial charge in [0.15, 0.2) is 5.82 Å². The molecule has 2 aromatic carbocycles. The summed E-state index contributed by atoms with van der Waals surface area (Å²) in [7, 11) is 3.45. The first-order chi connectivity index (χ1) is 20.7. The predicted molar refractivity (Wildman–Crippen MR) is 162 cm³/mol. The lowest BCUT2D eigenvalue weighted by Crippen LogP contribution is -2.58. The fraction of sp³-hybridized carbons (Fsp3) is 0.516. The molecule has 0 amide bonds. The summed E-state index contributed by atoms with van der Waals surface area (Å²) in [5.41, 5.74) is -0.197. The monoisotopic (exact) mass is 631 g/mol. The summed E-state index contributed by atoms with van der Waals surface area (Å²) in [4.78, 5) is 12.7. The molecule has 2 aliphatic heterocycles. The van der Waals surface area contributed by atoms with Gasteiger partial charge in [-0.25, -0.2) is 17.6 Å². The molecular weight excluding hydrogens is 598 g/mol. The van der Waals surface area contributed by atoms with E-state index in [1.807, 2.05) is 4.90 Å². The van der Waals surface area contributed by atoms with Crippen LogP contribution in [0.1, 0.15) is 37.4 Å². The molecule has 0 spiro atoms. The highest BCUT2D eigenvalue weighted by Gasteiger charge is 2.71. The maximum Gasteiger partial charge on any atom is 0.319 e. The van der Waals surface area contributed by atoms with Crippen molar-refractivity contribution in [2.45, 2.75) is 57.5 Å². The normalized spacial score (nSPS) is 25.9. The van der Waals surface area contributed by atoms with Crippen LogP contribution < -0.4 is 15.0 Å². The summed E-state index contributed by atoms with van der Waals surface area (Å²) in [6, 6.07) is 2.88. The maximum atomic E-state index is 16.8. The van der Waals surface area contributed by atoms with E-state index in [0.29, 0.717) is 46.1 Å². The molecule has 4 aromatic rings. The van der Waals surface area contributed by atoms with Crippen LogP contribution in [0.25, 0.3) is 32.9 Å². The van der Waals surface area contributed by atoms with Crippen LogP contribution in [0.15, 0.2) is 12.1 Å². The SMILES string of the molecule is Cc1c(Cl)cc2[nH]nc(C)c2c1-c1c(F)cc2c(N3C[C@H]4CC[C@@](C)(C3)N4)nc(OC[C@]3(CN(C)C)CC3(F)F)nc2c1F. The van der Waals surface area contributed by atoms with E-state index < -0.39 is 23.0 Å². The van der Waals surface area contributed by atoms with Gasteiger partial charge in [-0.05, 0) is 65.4 Å². The van der Waals surface area contributed by atoms with Gasteiger partial charge in [-0.15, -0.1) is 0 Å². The lowest BCUT2D eigenvalue weighted by Gasteiger charge is -2.40. The molecule has 3 aliphatic rings. The minimum atomic E-state index is -2.90. The second-order valence-electron chi connectivity index (χ2n) is 13.4. The minimum absolute atomic E-state index is 0.107. The summed E-state index contributed by atoms with van der Waals surface area (Å²) >= 11 is 6.51. The number of hydrogen-bond acceptors (Lipinski definition) is 7. The van der Waals surface area contributed by atoms with Crippen LogP contribution in [0, 0.1) is 30.9 Å². The van der Waals surface area contributed by atoms with Crippen molar-refractivity contribution >= 4 is 39.2 Å². The fourth-order valence-electron chi connectivity index (χ4n) is 7.29. The molecular formula is C31H34ClF4N7O. The number of nitrogens with zero attached hydrogens (tertiary/aromatic N) is 5. The highest BCUT2D eigenvalue weighted by Crippen LogP contribution is 2.60. The topological polar surface area (TPSA) is 82.2 Å². The lowest BCUT2D eigenvalue weighted by molar-refractivity contribution is 0.0288. The molecule has 2 bridgehead atoms. The Hall–Kier alpha value is -3.22. The van der Waals surface area contributed by atoms with E-state index in [-0.39, 0.29) is 59.2 Å². The number of hydrogen-bond donors (Lipinski definition) is 2. The standard InChI is InChI=1S/C31H34ClF4N7O/c1-15-19(32)9-21-23(16(2)40-41-21)22(15)24-20(33)8-18-26(25(24)34)37-28(44-14-30(13-42(4)5)11-31(30,35)36)38-27(18)43-10-17-6-7-29(3,12-43)39-17/h8-9,17,39H,6-7,10-14H2,1-5H3,(H,40,41)/t17-,29+,30-/m1/s1. The molecule has 2 N–H and O–H groups in total. The molecule has 1 aliphatic carbocycles. The van der Waals surface area contributed by atoms with E-state index in [1.54, 1.807) is 38.9 Å². The second kappa shape index (κ2) is 9.89. The van der Waals surface area contributed by atoms with Gasteiger partial charge in [0.2, 0.25) is 0 Å². The number of anilines is 1. The Balaban J connectivity index is 1.41. The lowest BCUT2D eigenvalue weighted by atomic mass is 9.93. The highest BCUT2D eigenvalue weighted by atomic mass is 35.5. The fourth-order valence-corrected chi connectivity index (χ4v) is 7.49. The summed E-state index contributed by atoms with van der Waals surface area (Å²) in [5, 5.41) is 11.8. The van der Waals surface area contributed by atoms with E-state index in [1.165, 1.54) is 6.07 Å². The number of aromatic amines is 1. The third-order valence-corrected chi connectivity index (χ3v) is 9.90. The molecule has 4 heterocycles. The number of piperazine rings is 1. The molecule has 8 nitrogen and oxygen atoms in total. The van der Waals surface area contributed by atoms with Crippen molar-refractivity contribution in [3.63, 3.8) is 0 Å². The molecule has 3 fully saturated rings. The zero-order valence-electron chi connectivity index (χ0n) is 25.2. The molecule has 2 aromatic heterocycles. The second-order valence-corrected chi connectivity index (χ2v) is 13.8. The first-order valence-electron chi connectivity index (χ1n) is 14.7. The maximum absolute atomic E-state index is 16.8. The van der Waals surface area contributed by atoms with E-state index in [4.69, 9.17) is 16.3 Å². The van der Waals surface area contributed by atoms with Gasteiger partial charge in [-0.1, -0.05) is 11.6 Å². The molecule has 0 unspecified atom stereocenters. The number of halogens is 5. The molecule has 44 heavy (non-hydrogen) atoms. The summed E-state index contributed by atoms with van der Waals surface area (Å²) in [6.45, 7) is 6.43. The van der Waals surface area contributed by atoms with Gasteiger partial charge < -0.3 is 19.9 Å². The summed E-state index contributed by atoms with van der Waals surface area (Å²) < 4.78 is 68.0. The van der Waals surface area contributed by atoms with E-state index in [9.17, 15) is 8.78 Å². The molecule has 234 valence electrons. The van der Waals surface area contributed by atoms with Crippen LogP contribution in [0.5, 0.6) is 6.01 Å². The number of rotatable bonds is 7. The Labute approximate surface area is 257 Å². The van der Waals surface area contributed by atoms with Crippen LogP contribution in [-0.2, 0) is 0 Å². The summed E-state index contributed by atoms with van der Waals surface area (Å²) in [5.74, 6) is -4.30. The van der Waals surface area contributed by atoms with Gasteiger partial charge in [-0.2, -0.15) is 15.1 Å². The van der Waals surface area contributed by atoms with Crippen molar-refractivity contribution < 1.29 is 22.3 Å². The average Bonchev–Trinajstić information content (AvgIpc) is 3.14. The zero-order chi connectivity index (χ0) is 31.3. The summed E-state index contributed by atoms with van der Waals surface area (Å²) in [6.07, 6.45) is 1.58. The van der Waals surface area contributed by atoms with Crippen LogP contribution in [0.2, 0.25) is 5.02 Å². The van der Waals surface area contributed by atoms with Crippen molar-refractivity contribution in [2.24, 2.45) is 5.41 Å². The number of benzene rings is 2. The van der Waals surface area contributed by atoms with Crippen LogP contribution in [-0.4, -0.2) is 82.9 Å². The Morgan fingerprint density at radius 2 is 1.91 bits per heavy atom. The van der Waals surface area contributed by atoms with Gasteiger partial charge in [0.05, 0.1) is 22.2 Å². The molecule has 0 radical (unpaired) electrons. The van der Waals surface area contributed by atoms with Gasteiger partial charge in [0.1, 0.15) is 23.8 Å². The van der Waals surface area contributed by atoms with E-state index in [2.05, 4.69) is 32.4 Å². The predicted octanol–water partition coefficient (Wildman–Crippen LogP) is 6.02. The third-order valence-electron chi connectivity index (χ3n) is 9.51. The first-order valence-corrected chi connectivity index (χ1v) is 15.1. The number of nitrogens with one attached hydrogen (secondary N) is 2. The van der Waals surface area contributed by atoms with Crippen molar-refractivity contribution in [3.8, 4) is 17.1 Å². The quantitative estimate of drug-likeness (QED) is 0.242. The molecule has 13 heteroatoms. The van der Waals surface area contributed by atoms with Crippen molar-refractivity contribution in [1.29, 1.82) is 0 Å². The van der Waals surface area contributed by atoms with Crippen LogP contribution in [0.4, 0.5) is 23.4 Å². The van der Waals surface area contributed by atoms with Gasteiger partial charge in [0.25, 0.3) is 5.92 Å². The van der Waals surface area contributed by atoms with Gasteiger partial charge in [-0.3, -0.25) is 5.10 Å². The van der Waals surface area contributed by atoms with E-state index in [0.717, 1.165) is 12.8 Å². The Bertz CT molecular complexity index is 1830. The molecule has 7 rings (SSSR count). The van der Waals surface area contributed by atoms with Gasteiger partial charge >= 0.3 is 6.01 Å². The Morgan fingerprint density at radius 1 is 1.16 bits per heavy atom. The largest absolute Gasteiger partial charge is 0.463 e. The highest BCUT2D eigenvalue weighted by molar-refractivity contribution is 6.33. The number of alkyl halides is 2. The number of aromatic nitrogens is 4. The third kappa shape index (κ3) is 4.59. The van der Waals surface area contributed by atoms with Crippen LogP contribution in [0.3, 0.4) is 0 Å². The zero-order valence-corrected chi connectivity index (χ0v) is 26.0. The van der Waals surface area contributed by atoms with Crippen molar-refractivity contribution in [2.75, 3.05) is 45.2 Å². The Kier molecular flexibility index (Phi) is 6.63. The van der Waals surface area contributed by atoms with Crippen molar-refractivity contribution in [3.05, 3.63) is 40.0 Å². The number of aryl methyl sites for hydroxylation is 1. The minimum Gasteiger partial charge on any atom is -0.463 e. The number of fused-ring (bicyclic) bond motifs is 4.